The minimum absolute atomic E-state index is 0. The van der Waals surface area contributed by atoms with E-state index in [9.17, 15) is 9.59 Å². The molecule has 2 aliphatic heterocycles. The van der Waals surface area contributed by atoms with Gasteiger partial charge in [0.25, 0.3) is 11.8 Å². The van der Waals surface area contributed by atoms with Crippen LogP contribution >= 0.6 is 12.4 Å². The van der Waals surface area contributed by atoms with Crippen LogP contribution in [-0.4, -0.2) is 42.5 Å². The van der Waals surface area contributed by atoms with E-state index in [4.69, 9.17) is 10.5 Å². The Hall–Kier alpha value is -2.57. The van der Waals surface area contributed by atoms with Gasteiger partial charge in [0.2, 0.25) is 0 Å². The fourth-order valence-electron chi connectivity index (χ4n) is 3.92. The standard InChI is InChI=1S/C21H23N3O3.ClH/c1-13-20(25)23-18-9-5-8-16(19(18)27-13)21(26)24-11-15(10-22)17(12-24)14-6-3-2-4-7-14;/h2-9,13,15,17H,10-12,22H2,1H3,(H,23,25);1H/t13?,15-,17+;/m1./s1. The van der Waals surface area contributed by atoms with Gasteiger partial charge >= 0.3 is 0 Å². The molecular weight excluding hydrogens is 378 g/mol. The van der Waals surface area contributed by atoms with Crippen LogP contribution in [-0.2, 0) is 4.79 Å². The number of rotatable bonds is 3. The summed E-state index contributed by atoms with van der Waals surface area (Å²) in [6.07, 6.45) is -0.626. The summed E-state index contributed by atoms with van der Waals surface area (Å²) in [6.45, 7) is 3.43. The summed E-state index contributed by atoms with van der Waals surface area (Å²) >= 11 is 0. The van der Waals surface area contributed by atoms with E-state index in [1.807, 2.05) is 23.1 Å². The SMILES string of the molecule is CC1Oc2c(cccc2C(=O)N2C[C@@H](CN)[C@H](c3ccccc3)C2)NC1=O.Cl. The highest BCUT2D eigenvalue weighted by Gasteiger charge is 2.37. The van der Waals surface area contributed by atoms with Crippen LogP contribution in [0, 0.1) is 5.92 Å². The van der Waals surface area contributed by atoms with Crippen molar-refractivity contribution in [2.45, 2.75) is 18.9 Å². The van der Waals surface area contributed by atoms with Crippen molar-refractivity contribution in [1.29, 1.82) is 0 Å². The van der Waals surface area contributed by atoms with Crippen molar-refractivity contribution < 1.29 is 14.3 Å². The molecule has 2 aromatic rings. The fraction of sp³-hybridized carbons (Fsp3) is 0.333. The predicted octanol–water partition coefficient (Wildman–Crippen LogP) is 2.64. The van der Waals surface area contributed by atoms with Crippen molar-refractivity contribution in [2.24, 2.45) is 11.7 Å². The van der Waals surface area contributed by atoms with Crippen LogP contribution in [0.15, 0.2) is 48.5 Å². The van der Waals surface area contributed by atoms with Crippen molar-refractivity contribution >= 4 is 29.9 Å². The summed E-state index contributed by atoms with van der Waals surface area (Å²) in [5, 5.41) is 2.80. The van der Waals surface area contributed by atoms with Crippen molar-refractivity contribution in [3.63, 3.8) is 0 Å². The summed E-state index contributed by atoms with van der Waals surface area (Å²) in [7, 11) is 0. The number of anilines is 1. The molecule has 2 aromatic carbocycles. The molecule has 2 heterocycles. The van der Waals surface area contributed by atoms with Gasteiger partial charge in [-0.2, -0.15) is 0 Å². The number of nitrogens with one attached hydrogen (secondary N) is 1. The molecule has 7 heteroatoms. The van der Waals surface area contributed by atoms with Gasteiger partial charge in [0.05, 0.1) is 11.3 Å². The molecule has 6 nitrogen and oxygen atoms in total. The first-order chi connectivity index (χ1) is 13.1. The molecule has 0 bridgehead atoms. The Morgan fingerprint density at radius 2 is 1.93 bits per heavy atom. The van der Waals surface area contributed by atoms with Crippen molar-refractivity contribution in [3.05, 3.63) is 59.7 Å². The number of fused-ring (bicyclic) bond motifs is 1. The molecule has 2 aliphatic rings. The average molecular weight is 402 g/mol. The minimum Gasteiger partial charge on any atom is -0.478 e. The minimum atomic E-state index is -0.626. The lowest BCUT2D eigenvalue weighted by molar-refractivity contribution is -0.122. The number of hydrogen-bond donors (Lipinski definition) is 2. The number of para-hydroxylation sites is 1. The van der Waals surface area contributed by atoms with Gasteiger partial charge in [-0.3, -0.25) is 9.59 Å². The Bertz CT molecular complexity index is 874. The fourth-order valence-corrected chi connectivity index (χ4v) is 3.92. The quantitative estimate of drug-likeness (QED) is 0.828. The first kappa shape index (κ1) is 20.2. The molecule has 4 rings (SSSR count). The summed E-state index contributed by atoms with van der Waals surface area (Å²) in [4.78, 5) is 26.9. The number of carbonyl (C=O) groups is 2. The largest absolute Gasteiger partial charge is 0.478 e. The maximum atomic E-state index is 13.2. The van der Waals surface area contributed by atoms with Gasteiger partial charge in [-0.25, -0.2) is 0 Å². The maximum absolute atomic E-state index is 13.2. The molecule has 0 saturated carbocycles. The Morgan fingerprint density at radius 1 is 1.18 bits per heavy atom. The number of amides is 2. The smallest absolute Gasteiger partial charge is 0.265 e. The van der Waals surface area contributed by atoms with E-state index in [0.717, 1.165) is 0 Å². The van der Waals surface area contributed by atoms with E-state index in [1.54, 1.807) is 25.1 Å². The maximum Gasteiger partial charge on any atom is 0.265 e. The molecule has 28 heavy (non-hydrogen) atoms. The third kappa shape index (κ3) is 3.57. The van der Waals surface area contributed by atoms with E-state index in [0.29, 0.717) is 36.6 Å². The van der Waals surface area contributed by atoms with Crippen molar-refractivity contribution in [2.75, 3.05) is 25.0 Å². The van der Waals surface area contributed by atoms with E-state index in [1.165, 1.54) is 5.56 Å². The lowest BCUT2D eigenvalue weighted by Gasteiger charge is -2.26. The Labute approximate surface area is 170 Å². The summed E-state index contributed by atoms with van der Waals surface area (Å²) in [6, 6.07) is 15.4. The molecule has 0 spiro atoms. The third-order valence-corrected chi connectivity index (χ3v) is 5.43. The van der Waals surface area contributed by atoms with Crippen LogP contribution in [0.3, 0.4) is 0 Å². The van der Waals surface area contributed by atoms with Crippen LogP contribution in [0.1, 0.15) is 28.8 Å². The molecule has 1 saturated heterocycles. The molecule has 1 fully saturated rings. The number of nitrogens with two attached hydrogens (primary N) is 1. The molecule has 0 aliphatic carbocycles. The predicted molar refractivity (Wildman–Crippen MR) is 110 cm³/mol. The van der Waals surface area contributed by atoms with Gasteiger partial charge in [-0.15, -0.1) is 12.4 Å². The zero-order valence-electron chi connectivity index (χ0n) is 15.6. The highest BCUT2D eigenvalue weighted by Crippen LogP contribution is 2.37. The molecule has 3 atom stereocenters. The zero-order valence-corrected chi connectivity index (χ0v) is 16.4. The topological polar surface area (TPSA) is 84.7 Å². The molecule has 2 amide bonds. The van der Waals surface area contributed by atoms with Crippen molar-refractivity contribution in [1.82, 2.24) is 4.90 Å². The van der Waals surface area contributed by atoms with Crippen LogP contribution in [0.5, 0.6) is 5.75 Å². The van der Waals surface area contributed by atoms with Gasteiger partial charge in [0.1, 0.15) is 0 Å². The van der Waals surface area contributed by atoms with Crippen LogP contribution < -0.4 is 15.8 Å². The first-order valence-corrected chi connectivity index (χ1v) is 9.23. The molecule has 0 radical (unpaired) electrons. The Balaban J connectivity index is 0.00000225. The molecule has 0 aromatic heterocycles. The third-order valence-electron chi connectivity index (χ3n) is 5.43. The second kappa shape index (κ2) is 8.20. The number of ether oxygens (including phenoxy) is 1. The van der Waals surface area contributed by atoms with Gasteiger partial charge < -0.3 is 20.7 Å². The number of likely N-dealkylation sites (tertiary alicyclic amines) is 1. The number of benzene rings is 2. The van der Waals surface area contributed by atoms with E-state index < -0.39 is 6.10 Å². The van der Waals surface area contributed by atoms with Gasteiger partial charge in [-0.1, -0.05) is 36.4 Å². The number of nitrogens with zero attached hydrogens (tertiary/aromatic N) is 1. The van der Waals surface area contributed by atoms with E-state index >= 15 is 0 Å². The zero-order chi connectivity index (χ0) is 19.0. The summed E-state index contributed by atoms with van der Waals surface area (Å²) in [5.74, 6) is 0.587. The van der Waals surface area contributed by atoms with E-state index in [2.05, 4.69) is 17.4 Å². The van der Waals surface area contributed by atoms with Crippen molar-refractivity contribution in [3.8, 4) is 5.75 Å². The Morgan fingerprint density at radius 3 is 2.64 bits per heavy atom. The number of halogens is 1. The van der Waals surface area contributed by atoms with Gasteiger partial charge in [0, 0.05) is 19.0 Å². The van der Waals surface area contributed by atoms with E-state index in [-0.39, 0.29) is 36.1 Å². The highest BCUT2D eigenvalue weighted by atomic mass is 35.5. The van der Waals surface area contributed by atoms with Crippen LogP contribution in [0.2, 0.25) is 0 Å². The molecule has 148 valence electrons. The van der Waals surface area contributed by atoms with Crippen LogP contribution in [0.4, 0.5) is 5.69 Å². The molecule has 3 N–H and O–H groups in total. The first-order valence-electron chi connectivity index (χ1n) is 9.23. The second-order valence-electron chi connectivity index (χ2n) is 7.15. The number of hydrogen-bond acceptors (Lipinski definition) is 4. The lowest BCUT2D eigenvalue weighted by atomic mass is 9.89. The molecule has 1 unspecified atom stereocenters. The normalized spacial score (nSPS) is 23.3. The highest BCUT2D eigenvalue weighted by molar-refractivity contribution is 6.04. The lowest BCUT2D eigenvalue weighted by Crippen LogP contribution is -2.36. The molecular formula is C21H24ClN3O3. The monoisotopic (exact) mass is 401 g/mol. The second-order valence-corrected chi connectivity index (χ2v) is 7.15. The van der Waals surface area contributed by atoms with Gasteiger partial charge in [-0.05, 0) is 37.1 Å². The number of carbonyl (C=O) groups excluding carboxylic acids is 2. The summed E-state index contributed by atoms with van der Waals surface area (Å²) in [5.41, 5.74) is 8.22. The van der Waals surface area contributed by atoms with Crippen LogP contribution in [0.25, 0.3) is 0 Å². The average Bonchev–Trinajstić information content (AvgIpc) is 3.13. The van der Waals surface area contributed by atoms with Gasteiger partial charge in [0.15, 0.2) is 11.9 Å². The summed E-state index contributed by atoms with van der Waals surface area (Å²) < 4.78 is 5.74. The Kier molecular flexibility index (Phi) is 5.91.